The molecule has 1 aromatic rings. The van der Waals surface area contributed by atoms with E-state index in [1.807, 2.05) is 24.3 Å². The number of nitrogens with zero attached hydrogens (tertiary/aromatic N) is 1. The van der Waals surface area contributed by atoms with Crippen LogP contribution in [0.2, 0.25) is 0 Å². The van der Waals surface area contributed by atoms with Crippen LogP contribution in [0.25, 0.3) is 0 Å². The highest BCUT2D eigenvalue weighted by molar-refractivity contribution is 7.91. The van der Waals surface area contributed by atoms with Gasteiger partial charge in [-0.15, -0.1) is 0 Å². The van der Waals surface area contributed by atoms with Gasteiger partial charge in [0.05, 0.1) is 5.69 Å². The molecule has 98 valence electrons. The van der Waals surface area contributed by atoms with Crippen LogP contribution in [0, 0.1) is 0 Å². The number of rotatable bonds is 1. The van der Waals surface area contributed by atoms with E-state index in [1.54, 1.807) is 4.31 Å². The molecule has 2 heterocycles. The second-order valence-corrected chi connectivity index (χ2v) is 6.36. The van der Waals surface area contributed by atoms with Gasteiger partial charge in [-0.25, -0.2) is 0 Å². The van der Waals surface area contributed by atoms with Crippen molar-refractivity contribution >= 4 is 15.9 Å². The molecule has 0 saturated carbocycles. The summed E-state index contributed by atoms with van der Waals surface area (Å²) in [5.41, 5.74) is 1.88. The van der Waals surface area contributed by atoms with E-state index < -0.39 is 10.2 Å². The SMILES string of the molecule is O=S1(=O)NCc2ccccc2N1C1CCNCC1. The molecule has 18 heavy (non-hydrogen) atoms. The first-order valence-corrected chi connectivity index (χ1v) is 7.70. The summed E-state index contributed by atoms with van der Waals surface area (Å²) in [6.07, 6.45) is 1.71. The Bertz CT molecular complexity index is 538. The van der Waals surface area contributed by atoms with Crippen LogP contribution in [-0.2, 0) is 16.8 Å². The maximum Gasteiger partial charge on any atom is 0.302 e. The Labute approximate surface area is 107 Å². The number of hydrogen-bond donors (Lipinski definition) is 2. The van der Waals surface area contributed by atoms with Gasteiger partial charge < -0.3 is 5.32 Å². The Kier molecular flexibility index (Phi) is 3.01. The van der Waals surface area contributed by atoms with Gasteiger partial charge in [0.15, 0.2) is 0 Å². The summed E-state index contributed by atoms with van der Waals surface area (Å²) in [5.74, 6) is 0. The molecular weight excluding hydrogens is 250 g/mol. The number of nitrogens with one attached hydrogen (secondary N) is 2. The predicted molar refractivity (Wildman–Crippen MR) is 70.6 cm³/mol. The van der Waals surface area contributed by atoms with Gasteiger partial charge in [0, 0.05) is 12.6 Å². The molecule has 2 aliphatic rings. The summed E-state index contributed by atoms with van der Waals surface area (Å²) in [6.45, 7) is 2.14. The van der Waals surface area contributed by atoms with Crippen molar-refractivity contribution < 1.29 is 8.42 Å². The molecule has 0 unspecified atom stereocenters. The van der Waals surface area contributed by atoms with Gasteiger partial charge in [-0.3, -0.25) is 4.31 Å². The quantitative estimate of drug-likeness (QED) is 0.783. The average molecular weight is 267 g/mol. The lowest BCUT2D eigenvalue weighted by atomic mass is 10.0. The summed E-state index contributed by atoms with van der Waals surface area (Å²) in [6, 6.07) is 7.78. The van der Waals surface area contributed by atoms with Gasteiger partial charge in [-0.05, 0) is 37.6 Å². The largest absolute Gasteiger partial charge is 0.317 e. The van der Waals surface area contributed by atoms with Gasteiger partial charge in [0.2, 0.25) is 0 Å². The molecule has 5 nitrogen and oxygen atoms in total. The van der Waals surface area contributed by atoms with Crippen LogP contribution < -0.4 is 14.3 Å². The highest BCUT2D eigenvalue weighted by atomic mass is 32.2. The Balaban J connectivity index is 2.03. The topological polar surface area (TPSA) is 61.4 Å². The van der Waals surface area contributed by atoms with Crippen LogP contribution in [0.1, 0.15) is 18.4 Å². The lowest BCUT2D eigenvalue weighted by Gasteiger charge is -2.38. The fraction of sp³-hybridized carbons (Fsp3) is 0.500. The summed E-state index contributed by atoms with van der Waals surface area (Å²) in [4.78, 5) is 0. The van der Waals surface area contributed by atoms with Gasteiger partial charge in [-0.1, -0.05) is 18.2 Å². The van der Waals surface area contributed by atoms with E-state index in [9.17, 15) is 8.42 Å². The third-order valence-electron chi connectivity index (χ3n) is 3.57. The van der Waals surface area contributed by atoms with Crippen molar-refractivity contribution in [3.8, 4) is 0 Å². The first kappa shape index (κ1) is 12.0. The molecule has 1 fully saturated rings. The molecule has 1 saturated heterocycles. The number of piperidine rings is 1. The molecule has 0 aromatic heterocycles. The third-order valence-corrected chi connectivity index (χ3v) is 5.10. The van der Waals surface area contributed by atoms with E-state index in [0.29, 0.717) is 6.54 Å². The van der Waals surface area contributed by atoms with Crippen LogP contribution >= 0.6 is 0 Å². The minimum Gasteiger partial charge on any atom is -0.317 e. The van der Waals surface area contributed by atoms with Crippen LogP contribution in [0.4, 0.5) is 5.69 Å². The van der Waals surface area contributed by atoms with E-state index in [0.717, 1.165) is 37.2 Å². The molecule has 0 radical (unpaired) electrons. The van der Waals surface area contributed by atoms with E-state index in [1.165, 1.54) is 0 Å². The van der Waals surface area contributed by atoms with Crippen LogP contribution in [0.5, 0.6) is 0 Å². The van der Waals surface area contributed by atoms with Gasteiger partial charge in [0.1, 0.15) is 0 Å². The number of fused-ring (bicyclic) bond motifs is 1. The molecule has 6 heteroatoms. The monoisotopic (exact) mass is 267 g/mol. The van der Waals surface area contributed by atoms with Gasteiger partial charge in [0.25, 0.3) is 0 Å². The van der Waals surface area contributed by atoms with Crippen molar-refractivity contribution in [1.82, 2.24) is 10.0 Å². The van der Waals surface area contributed by atoms with Crippen LogP contribution in [-0.4, -0.2) is 27.5 Å². The Hall–Kier alpha value is -1.11. The second-order valence-electron chi connectivity index (χ2n) is 4.73. The van der Waals surface area contributed by atoms with Crippen molar-refractivity contribution in [2.24, 2.45) is 0 Å². The molecule has 1 aromatic carbocycles. The van der Waals surface area contributed by atoms with Crippen LogP contribution in [0.15, 0.2) is 24.3 Å². The number of hydrogen-bond acceptors (Lipinski definition) is 3. The van der Waals surface area contributed by atoms with Crippen molar-refractivity contribution in [2.75, 3.05) is 17.4 Å². The number of benzene rings is 1. The highest BCUT2D eigenvalue weighted by Gasteiger charge is 2.35. The zero-order valence-electron chi connectivity index (χ0n) is 10.1. The van der Waals surface area contributed by atoms with Crippen molar-refractivity contribution in [3.63, 3.8) is 0 Å². The Morgan fingerprint density at radius 1 is 1.17 bits per heavy atom. The number of anilines is 1. The molecule has 0 amide bonds. The molecule has 2 N–H and O–H groups in total. The second kappa shape index (κ2) is 4.53. The molecule has 0 aliphatic carbocycles. The molecule has 0 bridgehead atoms. The van der Waals surface area contributed by atoms with E-state index >= 15 is 0 Å². The minimum atomic E-state index is -3.38. The maximum atomic E-state index is 12.2. The summed E-state index contributed by atoms with van der Waals surface area (Å²) >= 11 is 0. The average Bonchev–Trinajstić information content (AvgIpc) is 2.39. The standard InChI is InChI=1S/C12H17N3O2S/c16-18(17)14-9-10-3-1-2-4-12(10)15(18)11-5-7-13-8-6-11/h1-4,11,13-14H,5-9H2. The van der Waals surface area contributed by atoms with Crippen molar-refractivity contribution in [2.45, 2.75) is 25.4 Å². The molecule has 2 aliphatic heterocycles. The minimum absolute atomic E-state index is 0.0604. The molecule has 3 rings (SSSR count). The van der Waals surface area contributed by atoms with Gasteiger partial charge in [-0.2, -0.15) is 13.1 Å². The normalized spacial score (nSPS) is 23.7. The van der Waals surface area contributed by atoms with Gasteiger partial charge >= 0.3 is 10.2 Å². The molecular formula is C12H17N3O2S. The first-order valence-electron chi connectivity index (χ1n) is 6.26. The molecule has 0 atom stereocenters. The lowest BCUT2D eigenvalue weighted by molar-refractivity contribution is 0.448. The van der Waals surface area contributed by atoms with Crippen LogP contribution in [0.3, 0.4) is 0 Å². The fourth-order valence-electron chi connectivity index (χ4n) is 2.68. The molecule has 0 spiro atoms. The Morgan fingerprint density at radius 3 is 2.67 bits per heavy atom. The summed E-state index contributed by atoms with van der Waals surface area (Å²) in [5, 5.41) is 3.26. The third kappa shape index (κ3) is 2.00. The fourth-order valence-corrected chi connectivity index (χ4v) is 4.19. The predicted octanol–water partition coefficient (Wildman–Crippen LogP) is 0.593. The van der Waals surface area contributed by atoms with E-state index in [4.69, 9.17) is 0 Å². The maximum absolute atomic E-state index is 12.2. The zero-order chi connectivity index (χ0) is 12.6. The van der Waals surface area contributed by atoms with E-state index in [-0.39, 0.29) is 6.04 Å². The van der Waals surface area contributed by atoms with Crippen molar-refractivity contribution in [3.05, 3.63) is 29.8 Å². The highest BCUT2D eigenvalue weighted by Crippen LogP contribution is 2.31. The first-order chi connectivity index (χ1) is 8.68. The Morgan fingerprint density at radius 2 is 1.89 bits per heavy atom. The zero-order valence-corrected chi connectivity index (χ0v) is 10.9. The van der Waals surface area contributed by atoms with Crippen molar-refractivity contribution in [1.29, 1.82) is 0 Å². The lowest BCUT2D eigenvalue weighted by Crippen LogP contribution is -2.52. The number of para-hydroxylation sites is 1. The van der Waals surface area contributed by atoms with E-state index in [2.05, 4.69) is 10.0 Å². The summed E-state index contributed by atoms with van der Waals surface area (Å²) < 4.78 is 28.7. The smallest absolute Gasteiger partial charge is 0.302 e. The summed E-state index contributed by atoms with van der Waals surface area (Å²) in [7, 11) is -3.38.